The van der Waals surface area contributed by atoms with Crippen LogP contribution in [0.15, 0.2) is 24.4 Å². The molecule has 92 valence electrons. The van der Waals surface area contributed by atoms with Crippen LogP contribution in [0.3, 0.4) is 0 Å². The second-order valence-electron chi connectivity index (χ2n) is 4.12. The van der Waals surface area contributed by atoms with E-state index in [-0.39, 0.29) is 5.56 Å². The van der Waals surface area contributed by atoms with E-state index in [0.29, 0.717) is 12.2 Å². The lowest BCUT2D eigenvalue weighted by Crippen LogP contribution is -2.26. The highest BCUT2D eigenvalue weighted by molar-refractivity contribution is 5.94. The number of aromatic carboxylic acids is 1. The molecule has 0 fully saturated rings. The van der Waals surface area contributed by atoms with Crippen molar-refractivity contribution in [3.05, 3.63) is 35.7 Å². The molecule has 4 heteroatoms. The van der Waals surface area contributed by atoms with Gasteiger partial charge in [0.05, 0.1) is 5.69 Å². The van der Waals surface area contributed by atoms with E-state index in [2.05, 4.69) is 11.6 Å². The topological polar surface area (TPSA) is 53.4 Å². The zero-order valence-corrected chi connectivity index (χ0v) is 10.5. The molecule has 4 nitrogen and oxygen atoms in total. The molecule has 0 amide bonds. The molecule has 17 heavy (non-hydrogen) atoms. The molecule has 1 aromatic rings. The van der Waals surface area contributed by atoms with Gasteiger partial charge in [0.15, 0.2) is 0 Å². The third kappa shape index (κ3) is 3.31. The van der Waals surface area contributed by atoms with E-state index >= 15 is 0 Å². The highest BCUT2D eigenvalue weighted by Gasteiger charge is 2.15. The number of anilines is 1. The van der Waals surface area contributed by atoms with Crippen LogP contribution in [0, 0.1) is 6.92 Å². The molecule has 1 N–H and O–H groups in total. The number of pyridine rings is 1. The number of carboxylic acid groups (broad SMARTS) is 1. The Balaban J connectivity index is 3.20. The van der Waals surface area contributed by atoms with E-state index < -0.39 is 5.97 Å². The van der Waals surface area contributed by atoms with Crippen molar-refractivity contribution in [3.8, 4) is 0 Å². The van der Waals surface area contributed by atoms with Crippen LogP contribution in [0.2, 0.25) is 0 Å². The van der Waals surface area contributed by atoms with Crippen LogP contribution in [0.4, 0.5) is 5.69 Å². The van der Waals surface area contributed by atoms with Gasteiger partial charge < -0.3 is 10.0 Å². The van der Waals surface area contributed by atoms with Crippen molar-refractivity contribution < 1.29 is 9.90 Å². The maximum absolute atomic E-state index is 11.2. The summed E-state index contributed by atoms with van der Waals surface area (Å²) in [4.78, 5) is 17.2. The molecule has 0 radical (unpaired) electrons. The van der Waals surface area contributed by atoms with Crippen LogP contribution in [0.25, 0.3) is 0 Å². The lowest BCUT2D eigenvalue weighted by molar-refractivity contribution is 0.0697. The smallest absolute Gasteiger partial charge is 0.339 e. The van der Waals surface area contributed by atoms with Crippen molar-refractivity contribution in [1.29, 1.82) is 0 Å². The molecule has 0 bridgehead atoms. The van der Waals surface area contributed by atoms with Crippen molar-refractivity contribution in [1.82, 2.24) is 4.98 Å². The molecule has 1 heterocycles. The second-order valence-corrected chi connectivity index (χ2v) is 4.12. The van der Waals surface area contributed by atoms with Crippen molar-refractivity contribution >= 4 is 11.7 Å². The summed E-state index contributed by atoms with van der Waals surface area (Å²) in [6.45, 7) is 11.0. The predicted octanol–water partition coefficient (Wildman–Crippen LogP) is 2.49. The van der Waals surface area contributed by atoms with Gasteiger partial charge in [-0.2, -0.15) is 0 Å². The molecular formula is C13H18N2O2. The molecule has 0 aliphatic heterocycles. The Labute approximate surface area is 102 Å². The monoisotopic (exact) mass is 234 g/mol. The normalized spacial score (nSPS) is 10.1. The highest BCUT2D eigenvalue weighted by Crippen LogP contribution is 2.21. The van der Waals surface area contributed by atoms with Gasteiger partial charge in [-0.25, -0.2) is 4.79 Å². The summed E-state index contributed by atoms with van der Waals surface area (Å²) in [6.07, 6.45) is 1.41. The van der Waals surface area contributed by atoms with Gasteiger partial charge in [-0.3, -0.25) is 4.98 Å². The number of rotatable bonds is 5. The number of nitrogens with zero attached hydrogens (tertiary/aromatic N) is 2. The predicted molar refractivity (Wildman–Crippen MR) is 68.6 cm³/mol. The van der Waals surface area contributed by atoms with Gasteiger partial charge in [-0.15, -0.1) is 0 Å². The van der Waals surface area contributed by atoms with E-state index in [9.17, 15) is 4.79 Å². The molecule has 0 spiro atoms. The minimum atomic E-state index is -0.951. The van der Waals surface area contributed by atoms with Gasteiger partial charge in [-0.05, 0) is 26.8 Å². The molecule has 0 saturated heterocycles. The summed E-state index contributed by atoms with van der Waals surface area (Å²) in [7, 11) is 0. The van der Waals surface area contributed by atoms with Gasteiger partial charge in [0.2, 0.25) is 0 Å². The fraction of sp³-hybridized carbons (Fsp3) is 0.385. The summed E-state index contributed by atoms with van der Waals surface area (Å²) in [5.41, 5.74) is 2.75. The quantitative estimate of drug-likeness (QED) is 0.795. The van der Waals surface area contributed by atoms with Crippen LogP contribution in [-0.2, 0) is 0 Å². The first kappa shape index (κ1) is 13.2. The molecule has 0 unspecified atom stereocenters. The molecule has 0 aromatic carbocycles. The maximum Gasteiger partial charge on any atom is 0.339 e. The van der Waals surface area contributed by atoms with Crippen molar-refractivity contribution in [2.24, 2.45) is 0 Å². The Hall–Kier alpha value is -1.84. The van der Waals surface area contributed by atoms with E-state index in [1.165, 1.54) is 6.20 Å². The zero-order chi connectivity index (χ0) is 13.0. The third-order valence-electron chi connectivity index (χ3n) is 2.43. The summed E-state index contributed by atoms with van der Waals surface area (Å²) in [5, 5.41) is 9.15. The fourth-order valence-electron chi connectivity index (χ4n) is 1.66. The van der Waals surface area contributed by atoms with Gasteiger partial charge in [-0.1, -0.05) is 12.2 Å². The summed E-state index contributed by atoms with van der Waals surface area (Å²) in [5.74, 6) is -0.951. The lowest BCUT2D eigenvalue weighted by atomic mass is 10.1. The minimum Gasteiger partial charge on any atom is -0.478 e. The summed E-state index contributed by atoms with van der Waals surface area (Å²) in [6, 6.07) is 1.80. The Kier molecular flexibility index (Phi) is 4.26. The number of hydrogen-bond acceptors (Lipinski definition) is 3. The SMILES string of the molecule is C=C(C)CN(CC)c1cc(C)ncc1C(=O)O. The standard InChI is InChI=1S/C13H18N2O2/c1-5-15(8-9(2)3)12-6-10(4)14-7-11(12)13(16)17/h6-7H,2,5,8H2,1,3-4H3,(H,16,17). The zero-order valence-electron chi connectivity index (χ0n) is 10.5. The number of carboxylic acids is 1. The first-order valence-electron chi connectivity index (χ1n) is 5.55. The first-order chi connectivity index (χ1) is 7.95. The van der Waals surface area contributed by atoms with Crippen LogP contribution in [0.5, 0.6) is 0 Å². The number of aromatic nitrogens is 1. The van der Waals surface area contributed by atoms with Gasteiger partial charge >= 0.3 is 5.97 Å². The summed E-state index contributed by atoms with van der Waals surface area (Å²) >= 11 is 0. The Morgan fingerprint density at radius 3 is 2.71 bits per heavy atom. The van der Waals surface area contributed by atoms with Crippen LogP contribution < -0.4 is 4.90 Å². The van der Waals surface area contributed by atoms with Crippen molar-refractivity contribution in [2.45, 2.75) is 20.8 Å². The molecule has 1 aromatic heterocycles. The highest BCUT2D eigenvalue weighted by atomic mass is 16.4. The Bertz CT molecular complexity index is 441. The first-order valence-corrected chi connectivity index (χ1v) is 5.55. The summed E-state index contributed by atoms with van der Waals surface area (Å²) < 4.78 is 0. The largest absolute Gasteiger partial charge is 0.478 e. The molecule has 1 rings (SSSR count). The van der Waals surface area contributed by atoms with Crippen molar-refractivity contribution in [3.63, 3.8) is 0 Å². The second kappa shape index (κ2) is 5.48. The third-order valence-corrected chi connectivity index (χ3v) is 2.43. The fourth-order valence-corrected chi connectivity index (χ4v) is 1.66. The number of carbonyl (C=O) groups is 1. The van der Waals surface area contributed by atoms with E-state index in [1.807, 2.05) is 25.7 Å². The average molecular weight is 234 g/mol. The molecule has 0 atom stereocenters. The van der Waals surface area contributed by atoms with Crippen LogP contribution in [0.1, 0.15) is 29.9 Å². The Morgan fingerprint density at radius 2 is 2.24 bits per heavy atom. The van der Waals surface area contributed by atoms with Crippen molar-refractivity contribution in [2.75, 3.05) is 18.0 Å². The van der Waals surface area contributed by atoms with E-state index in [0.717, 1.165) is 17.8 Å². The average Bonchev–Trinajstić information content (AvgIpc) is 2.25. The number of likely N-dealkylation sites (N-methyl/N-ethyl adjacent to an activating group) is 1. The molecular weight excluding hydrogens is 216 g/mol. The Morgan fingerprint density at radius 1 is 1.59 bits per heavy atom. The maximum atomic E-state index is 11.2. The number of aryl methyl sites for hydroxylation is 1. The van der Waals surface area contributed by atoms with Gasteiger partial charge in [0, 0.05) is 25.0 Å². The van der Waals surface area contributed by atoms with E-state index in [4.69, 9.17) is 5.11 Å². The molecule has 0 aliphatic carbocycles. The molecule has 0 aliphatic rings. The van der Waals surface area contributed by atoms with Gasteiger partial charge in [0.25, 0.3) is 0 Å². The molecule has 0 saturated carbocycles. The van der Waals surface area contributed by atoms with Crippen LogP contribution >= 0.6 is 0 Å². The minimum absolute atomic E-state index is 0.235. The lowest BCUT2D eigenvalue weighted by Gasteiger charge is -2.25. The van der Waals surface area contributed by atoms with E-state index in [1.54, 1.807) is 6.07 Å². The van der Waals surface area contributed by atoms with Gasteiger partial charge in [0.1, 0.15) is 5.56 Å². The van der Waals surface area contributed by atoms with Crippen LogP contribution in [-0.4, -0.2) is 29.1 Å². The number of hydrogen-bond donors (Lipinski definition) is 1.